The van der Waals surface area contributed by atoms with E-state index in [-0.39, 0.29) is 12.2 Å². The van der Waals surface area contributed by atoms with E-state index in [0.29, 0.717) is 10.8 Å². The zero-order valence-corrected chi connectivity index (χ0v) is 11.7. The Balaban J connectivity index is 2.11. The minimum atomic E-state index is -1.03. The number of hydrogen-bond acceptors (Lipinski definition) is 4. The van der Waals surface area contributed by atoms with Crippen LogP contribution in [0.2, 0.25) is 5.02 Å². The van der Waals surface area contributed by atoms with Gasteiger partial charge in [0.1, 0.15) is 17.5 Å². The van der Waals surface area contributed by atoms with E-state index < -0.39 is 5.60 Å². The van der Waals surface area contributed by atoms with E-state index >= 15 is 0 Å². The van der Waals surface area contributed by atoms with E-state index in [9.17, 15) is 5.11 Å². The molecular weight excluding hydrogens is 274 g/mol. The molecule has 20 heavy (non-hydrogen) atoms. The van der Waals surface area contributed by atoms with Crippen LogP contribution in [0.4, 0.5) is 5.82 Å². The Bertz CT molecular complexity index is 635. The van der Waals surface area contributed by atoms with E-state index in [4.69, 9.17) is 16.9 Å². The fourth-order valence-electron chi connectivity index (χ4n) is 1.78. The number of nitrogens with zero attached hydrogens (tertiary/aromatic N) is 2. The van der Waals surface area contributed by atoms with Crippen LogP contribution in [-0.2, 0) is 5.60 Å². The van der Waals surface area contributed by atoms with Crippen LogP contribution in [0.5, 0.6) is 0 Å². The molecule has 0 aliphatic heterocycles. The van der Waals surface area contributed by atoms with Gasteiger partial charge in [0.25, 0.3) is 0 Å². The van der Waals surface area contributed by atoms with Crippen LogP contribution in [0, 0.1) is 11.3 Å². The minimum Gasteiger partial charge on any atom is -0.384 e. The van der Waals surface area contributed by atoms with Gasteiger partial charge in [0, 0.05) is 6.54 Å². The number of hydrogen-bond donors (Lipinski definition) is 2. The van der Waals surface area contributed by atoms with Crippen molar-refractivity contribution < 1.29 is 5.11 Å². The van der Waals surface area contributed by atoms with Crippen molar-refractivity contribution in [3.8, 4) is 6.07 Å². The summed E-state index contributed by atoms with van der Waals surface area (Å²) in [5, 5.41) is 22.6. The van der Waals surface area contributed by atoms with Crippen molar-refractivity contribution in [2.75, 3.05) is 11.9 Å². The van der Waals surface area contributed by atoms with Gasteiger partial charge in [0.15, 0.2) is 5.69 Å². The zero-order valence-electron chi connectivity index (χ0n) is 11.0. The summed E-state index contributed by atoms with van der Waals surface area (Å²) in [6.45, 7) is 1.99. The topological polar surface area (TPSA) is 68.9 Å². The van der Waals surface area contributed by atoms with Gasteiger partial charge in [-0.1, -0.05) is 41.9 Å². The fourth-order valence-corrected chi connectivity index (χ4v) is 1.93. The van der Waals surface area contributed by atoms with Gasteiger partial charge in [-0.3, -0.25) is 0 Å². The number of halogens is 1. The number of pyridine rings is 1. The number of nitrogens with one attached hydrogen (secondary N) is 1. The van der Waals surface area contributed by atoms with E-state index in [1.165, 1.54) is 0 Å². The van der Waals surface area contributed by atoms with Gasteiger partial charge in [-0.25, -0.2) is 4.98 Å². The fraction of sp³-hybridized carbons (Fsp3) is 0.200. The Labute approximate surface area is 122 Å². The highest BCUT2D eigenvalue weighted by Gasteiger charge is 2.22. The molecule has 2 aromatic rings. The minimum absolute atomic E-state index is 0.163. The number of aromatic nitrogens is 1. The van der Waals surface area contributed by atoms with E-state index in [2.05, 4.69) is 10.3 Å². The average molecular weight is 288 g/mol. The maximum Gasteiger partial charge on any atom is 0.161 e. The lowest BCUT2D eigenvalue weighted by Crippen LogP contribution is -2.30. The molecule has 0 aliphatic carbocycles. The van der Waals surface area contributed by atoms with Gasteiger partial charge < -0.3 is 10.4 Å². The van der Waals surface area contributed by atoms with Crippen LogP contribution >= 0.6 is 11.6 Å². The number of nitriles is 1. The molecule has 102 valence electrons. The van der Waals surface area contributed by atoms with Gasteiger partial charge in [-0.15, -0.1) is 0 Å². The van der Waals surface area contributed by atoms with Gasteiger partial charge >= 0.3 is 0 Å². The summed E-state index contributed by atoms with van der Waals surface area (Å²) in [4.78, 5) is 4.07. The molecule has 1 atom stereocenters. The third kappa shape index (κ3) is 3.27. The second-order valence-electron chi connectivity index (χ2n) is 4.63. The largest absolute Gasteiger partial charge is 0.384 e. The molecule has 0 bridgehead atoms. The molecule has 1 heterocycles. The van der Waals surface area contributed by atoms with Crippen molar-refractivity contribution in [1.29, 1.82) is 5.26 Å². The van der Waals surface area contributed by atoms with Crippen LogP contribution in [0.15, 0.2) is 42.5 Å². The van der Waals surface area contributed by atoms with Crippen molar-refractivity contribution in [2.24, 2.45) is 0 Å². The first kappa shape index (κ1) is 14.3. The first-order valence-electron chi connectivity index (χ1n) is 6.11. The molecule has 5 heteroatoms. The summed E-state index contributed by atoms with van der Waals surface area (Å²) in [7, 11) is 0. The lowest BCUT2D eigenvalue weighted by atomic mass is 9.96. The summed E-state index contributed by atoms with van der Waals surface area (Å²) >= 11 is 5.82. The summed E-state index contributed by atoms with van der Waals surface area (Å²) in [5.41, 5.74) is -0.0620. The quantitative estimate of drug-likeness (QED) is 0.907. The molecule has 1 aromatic heterocycles. The van der Waals surface area contributed by atoms with Crippen LogP contribution in [-0.4, -0.2) is 16.6 Å². The number of anilines is 1. The molecule has 0 aliphatic rings. The monoisotopic (exact) mass is 287 g/mol. The molecule has 0 unspecified atom stereocenters. The van der Waals surface area contributed by atoms with Crippen LogP contribution < -0.4 is 5.32 Å². The van der Waals surface area contributed by atoms with Crippen molar-refractivity contribution in [3.63, 3.8) is 0 Å². The Morgan fingerprint density at radius 1 is 1.30 bits per heavy atom. The van der Waals surface area contributed by atoms with E-state index in [1.54, 1.807) is 19.1 Å². The smallest absolute Gasteiger partial charge is 0.161 e. The highest BCUT2D eigenvalue weighted by Crippen LogP contribution is 2.21. The summed E-state index contributed by atoms with van der Waals surface area (Å²) in [5.74, 6) is 0.502. The molecule has 0 amide bonds. The van der Waals surface area contributed by atoms with Gasteiger partial charge in [0.05, 0.1) is 5.02 Å². The summed E-state index contributed by atoms with van der Waals surface area (Å²) in [6.07, 6.45) is 0. The van der Waals surface area contributed by atoms with Gasteiger partial charge in [-0.05, 0) is 24.6 Å². The van der Waals surface area contributed by atoms with Crippen molar-refractivity contribution in [1.82, 2.24) is 4.98 Å². The first-order valence-corrected chi connectivity index (χ1v) is 6.49. The SMILES string of the molecule is C[C@@](O)(CNc1ccc(Cl)c(C#N)n1)c1ccccc1. The normalized spacial score (nSPS) is 13.3. The second-order valence-corrected chi connectivity index (χ2v) is 5.04. The molecule has 4 nitrogen and oxygen atoms in total. The molecule has 1 aromatic carbocycles. The van der Waals surface area contributed by atoms with E-state index in [1.807, 2.05) is 36.4 Å². The van der Waals surface area contributed by atoms with Crippen LogP contribution in [0.3, 0.4) is 0 Å². The van der Waals surface area contributed by atoms with Crippen molar-refractivity contribution in [2.45, 2.75) is 12.5 Å². The predicted molar refractivity (Wildman–Crippen MR) is 78.5 cm³/mol. The number of benzene rings is 1. The second kappa shape index (κ2) is 5.91. The average Bonchev–Trinajstić information content (AvgIpc) is 2.47. The molecular formula is C15H14ClN3O. The lowest BCUT2D eigenvalue weighted by Gasteiger charge is -2.24. The Hall–Kier alpha value is -2.09. The maximum absolute atomic E-state index is 10.4. The first-order chi connectivity index (χ1) is 9.53. The summed E-state index contributed by atoms with van der Waals surface area (Å²) < 4.78 is 0. The van der Waals surface area contributed by atoms with E-state index in [0.717, 1.165) is 5.56 Å². The third-order valence-corrected chi connectivity index (χ3v) is 3.27. The molecule has 0 fully saturated rings. The lowest BCUT2D eigenvalue weighted by molar-refractivity contribution is 0.0714. The number of rotatable bonds is 4. The Kier molecular flexibility index (Phi) is 4.23. The predicted octanol–water partition coefficient (Wildman–Crippen LogP) is 2.93. The number of aliphatic hydroxyl groups is 1. The molecule has 2 N–H and O–H groups in total. The molecule has 0 saturated carbocycles. The Morgan fingerprint density at radius 3 is 2.65 bits per heavy atom. The Morgan fingerprint density at radius 2 is 2.00 bits per heavy atom. The highest BCUT2D eigenvalue weighted by molar-refractivity contribution is 6.31. The third-order valence-electron chi connectivity index (χ3n) is 2.96. The van der Waals surface area contributed by atoms with Crippen molar-refractivity contribution in [3.05, 3.63) is 58.7 Å². The molecule has 2 rings (SSSR count). The summed E-state index contributed by atoms with van der Waals surface area (Å²) in [6, 6.07) is 14.6. The maximum atomic E-state index is 10.4. The molecule has 0 saturated heterocycles. The molecule has 0 radical (unpaired) electrons. The van der Waals surface area contributed by atoms with Crippen LogP contribution in [0.1, 0.15) is 18.2 Å². The van der Waals surface area contributed by atoms with Gasteiger partial charge in [-0.2, -0.15) is 5.26 Å². The van der Waals surface area contributed by atoms with Crippen molar-refractivity contribution >= 4 is 17.4 Å². The highest BCUT2D eigenvalue weighted by atomic mass is 35.5. The zero-order chi connectivity index (χ0) is 14.6. The molecule has 0 spiro atoms. The standard InChI is InChI=1S/C15H14ClN3O/c1-15(20,11-5-3-2-4-6-11)10-18-14-8-7-12(16)13(9-17)19-14/h2-8,20H,10H2,1H3,(H,18,19)/t15-/m1/s1. The van der Waals surface area contributed by atoms with Crippen LogP contribution in [0.25, 0.3) is 0 Å². The van der Waals surface area contributed by atoms with Gasteiger partial charge in [0.2, 0.25) is 0 Å².